The maximum Gasteiger partial charge on any atom is 0.227 e. The molecule has 0 radical (unpaired) electrons. The second kappa shape index (κ2) is 7.36. The number of benzene rings is 4. The van der Waals surface area contributed by atoms with Crippen molar-refractivity contribution in [2.24, 2.45) is 0 Å². The molecule has 154 valence electrons. The van der Waals surface area contributed by atoms with Crippen molar-refractivity contribution in [1.29, 1.82) is 0 Å². The van der Waals surface area contributed by atoms with E-state index in [4.69, 9.17) is 16.0 Å². The van der Waals surface area contributed by atoms with Crippen LogP contribution in [-0.2, 0) is 0 Å². The summed E-state index contributed by atoms with van der Waals surface area (Å²) in [6.45, 7) is 0. The van der Waals surface area contributed by atoms with Gasteiger partial charge in [-0.3, -0.25) is 0 Å². The summed E-state index contributed by atoms with van der Waals surface area (Å²) in [6, 6.07) is 24.6. The Balaban J connectivity index is 1.42. The molecule has 0 spiro atoms. The lowest BCUT2D eigenvalue weighted by Gasteiger charge is -2.07. The van der Waals surface area contributed by atoms with Crippen LogP contribution in [0.25, 0.3) is 55.6 Å². The molecule has 0 atom stereocenters. The molecule has 0 fully saturated rings. The van der Waals surface area contributed by atoms with Crippen LogP contribution in [0, 0.1) is 5.82 Å². The molecule has 0 bridgehead atoms. The molecule has 5 heteroatoms. The first-order valence-electron chi connectivity index (χ1n) is 10.2. The second-order valence-corrected chi connectivity index (χ2v) is 8.11. The summed E-state index contributed by atoms with van der Waals surface area (Å²) in [4.78, 5) is 7.68. The van der Waals surface area contributed by atoms with Crippen molar-refractivity contribution in [2.45, 2.75) is 0 Å². The van der Waals surface area contributed by atoms with E-state index in [1.54, 1.807) is 6.20 Å². The largest absolute Gasteiger partial charge is 0.436 e. The number of hydrogen-bond acceptors (Lipinski definition) is 2. The molecule has 6 aromatic rings. The Kier molecular flexibility index (Phi) is 4.33. The van der Waals surface area contributed by atoms with Crippen LogP contribution in [0.5, 0.6) is 0 Å². The van der Waals surface area contributed by atoms with Crippen molar-refractivity contribution in [3.8, 4) is 33.9 Å². The molecular weight excluding hydrogens is 423 g/mol. The van der Waals surface area contributed by atoms with E-state index in [0.29, 0.717) is 16.7 Å². The van der Waals surface area contributed by atoms with Gasteiger partial charge in [-0.15, -0.1) is 0 Å². The third-order valence-electron chi connectivity index (χ3n) is 5.70. The van der Waals surface area contributed by atoms with Crippen molar-refractivity contribution in [1.82, 2.24) is 9.97 Å². The van der Waals surface area contributed by atoms with Gasteiger partial charge in [-0.25, -0.2) is 9.37 Å². The highest BCUT2D eigenvalue weighted by Gasteiger charge is 2.13. The summed E-state index contributed by atoms with van der Waals surface area (Å²) < 4.78 is 19.6. The van der Waals surface area contributed by atoms with Crippen LogP contribution in [0.1, 0.15) is 0 Å². The topological polar surface area (TPSA) is 41.8 Å². The first kappa shape index (κ1) is 18.8. The molecule has 0 saturated carbocycles. The first-order chi connectivity index (χ1) is 15.7. The molecule has 6 rings (SSSR count). The zero-order valence-corrected chi connectivity index (χ0v) is 17.5. The lowest BCUT2D eigenvalue weighted by Crippen LogP contribution is -1.83. The monoisotopic (exact) mass is 438 g/mol. The van der Waals surface area contributed by atoms with Crippen LogP contribution < -0.4 is 0 Å². The third kappa shape index (κ3) is 3.17. The van der Waals surface area contributed by atoms with Gasteiger partial charge in [0, 0.05) is 38.8 Å². The van der Waals surface area contributed by atoms with Crippen molar-refractivity contribution in [3.05, 3.63) is 102 Å². The van der Waals surface area contributed by atoms with Gasteiger partial charge in [0.05, 0.1) is 6.20 Å². The molecule has 0 aliphatic carbocycles. The SMILES string of the molecule is Fc1ccc2c(-c3ccc4c(-c5ncc(-c6ccc(Cl)cc6)o5)cccc4c3)c[nH]c2c1. The van der Waals surface area contributed by atoms with Gasteiger partial charge in [-0.2, -0.15) is 0 Å². The van der Waals surface area contributed by atoms with Gasteiger partial charge in [0.1, 0.15) is 5.82 Å². The molecular formula is C27H16ClFN2O. The fraction of sp³-hybridized carbons (Fsp3) is 0. The molecule has 2 heterocycles. The maximum atomic E-state index is 13.5. The Labute approximate surface area is 188 Å². The number of rotatable bonds is 3. The highest BCUT2D eigenvalue weighted by molar-refractivity contribution is 6.30. The Morgan fingerprint density at radius 3 is 2.50 bits per heavy atom. The Morgan fingerprint density at radius 1 is 0.812 bits per heavy atom. The average molecular weight is 439 g/mol. The van der Waals surface area contributed by atoms with E-state index in [1.807, 2.05) is 48.7 Å². The van der Waals surface area contributed by atoms with Crippen LogP contribution in [0.2, 0.25) is 5.02 Å². The third-order valence-corrected chi connectivity index (χ3v) is 5.95. The molecule has 0 aliphatic rings. The van der Waals surface area contributed by atoms with Crippen LogP contribution in [-0.4, -0.2) is 9.97 Å². The Morgan fingerprint density at radius 2 is 1.62 bits per heavy atom. The van der Waals surface area contributed by atoms with Crippen LogP contribution in [0.3, 0.4) is 0 Å². The maximum absolute atomic E-state index is 13.5. The summed E-state index contributed by atoms with van der Waals surface area (Å²) in [5.74, 6) is 1.00. The van der Waals surface area contributed by atoms with Gasteiger partial charge in [-0.05, 0) is 70.9 Å². The van der Waals surface area contributed by atoms with E-state index >= 15 is 0 Å². The second-order valence-electron chi connectivity index (χ2n) is 7.67. The number of aromatic amines is 1. The Hall–Kier alpha value is -3.89. The molecule has 0 saturated heterocycles. The van der Waals surface area contributed by atoms with Crippen LogP contribution in [0.4, 0.5) is 4.39 Å². The van der Waals surface area contributed by atoms with Gasteiger partial charge in [0.25, 0.3) is 0 Å². The zero-order chi connectivity index (χ0) is 21.7. The summed E-state index contributed by atoms with van der Waals surface area (Å²) >= 11 is 5.99. The Bertz CT molecular complexity index is 1600. The van der Waals surface area contributed by atoms with Crippen LogP contribution >= 0.6 is 11.6 Å². The number of oxazole rings is 1. The standard InChI is InChI=1S/C27H16ClFN2O/c28-19-7-4-16(5-8-19)26-15-31-27(32-26)23-3-1-2-17-12-18(6-10-21(17)23)24-14-30-25-13-20(29)9-11-22(24)25/h1-15,30H. The molecule has 0 unspecified atom stereocenters. The summed E-state index contributed by atoms with van der Waals surface area (Å²) in [5, 5.41) is 3.79. The van der Waals surface area contributed by atoms with Gasteiger partial charge >= 0.3 is 0 Å². The minimum absolute atomic E-state index is 0.252. The number of halogens is 2. The number of nitrogens with zero attached hydrogens (tertiary/aromatic N) is 1. The zero-order valence-electron chi connectivity index (χ0n) is 16.8. The van der Waals surface area contributed by atoms with Gasteiger partial charge in [0.2, 0.25) is 5.89 Å². The van der Waals surface area contributed by atoms with E-state index in [1.165, 1.54) is 12.1 Å². The normalized spacial score (nSPS) is 11.4. The summed E-state index contributed by atoms with van der Waals surface area (Å²) in [6.07, 6.45) is 3.65. The van der Waals surface area contributed by atoms with E-state index in [-0.39, 0.29) is 5.82 Å². The van der Waals surface area contributed by atoms with Crippen molar-refractivity contribution < 1.29 is 8.81 Å². The predicted octanol–water partition coefficient (Wildman–Crippen LogP) is 8.10. The molecule has 0 aliphatic heterocycles. The number of hydrogen-bond donors (Lipinski definition) is 1. The van der Waals surface area contributed by atoms with Crippen molar-refractivity contribution >= 4 is 33.3 Å². The van der Waals surface area contributed by atoms with Gasteiger partial charge in [0.15, 0.2) is 5.76 Å². The van der Waals surface area contributed by atoms with Crippen molar-refractivity contribution in [3.63, 3.8) is 0 Å². The van der Waals surface area contributed by atoms with Gasteiger partial charge < -0.3 is 9.40 Å². The molecule has 1 N–H and O–H groups in total. The fourth-order valence-electron chi connectivity index (χ4n) is 4.12. The molecule has 4 aromatic carbocycles. The first-order valence-corrected chi connectivity index (χ1v) is 10.6. The fourth-order valence-corrected chi connectivity index (χ4v) is 4.25. The molecule has 2 aromatic heterocycles. The number of H-pyrrole nitrogens is 1. The smallest absolute Gasteiger partial charge is 0.227 e. The number of nitrogens with one attached hydrogen (secondary N) is 1. The van der Waals surface area contributed by atoms with Gasteiger partial charge in [-0.1, -0.05) is 35.9 Å². The quantitative estimate of drug-likeness (QED) is 0.303. The highest BCUT2D eigenvalue weighted by atomic mass is 35.5. The van der Waals surface area contributed by atoms with E-state index < -0.39 is 0 Å². The summed E-state index contributed by atoms with van der Waals surface area (Å²) in [5.41, 5.74) is 4.72. The summed E-state index contributed by atoms with van der Waals surface area (Å²) in [7, 11) is 0. The minimum Gasteiger partial charge on any atom is -0.436 e. The van der Waals surface area contributed by atoms with E-state index in [2.05, 4.69) is 34.2 Å². The van der Waals surface area contributed by atoms with E-state index in [9.17, 15) is 4.39 Å². The highest BCUT2D eigenvalue weighted by Crippen LogP contribution is 2.35. The lowest BCUT2D eigenvalue weighted by molar-refractivity contribution is 0.589. The minimum atomic E-state index is -0.252. The number of fused-ring (bicyclic) bond motifs is 2. The van der Waals surface area contributed by atoms with Crippen molar-refractivity contribution in [2.75, 3.05) is 0 Å². The predicted molar refractivity (Wildman–Crippen MR) is 127 cm³/mol. The lowest BCUT2D eigenvalue weighted by atomic mass is 9.98. The van der Waals surface area contributed by atoms with E-state index in [0.717, 1.165) is 43.9 Å². The molecule has 0 amide bonds. The van der Waals surface area contributed by atoms with Crippen LogP contribution in [0.15, 0.2) is 95.7 Å². The average Bonchev–Trinajstić information content (AvgIpc) is 3.46. The number of aromatic nitrogens is 2. The molecule has 3 nitrogen and oxygen atoms in total. The molecule has 32 heavy (non-hydrogen) atoms.